The average Bonchev–Trinajstić information content (AvgIpc) is 2.71. The zero-order chi connectivity index (χ0) is 21.7. The smallest absolute Gasteiger partial charge is 0.242 e. The van der Waals surface area contributed by atoms with Crippen molar-refractivity contribution < 1.29 is 13.2 Å². The monoisotopic (exact) mass is 442 g/mol. The van der Waals surface area contributed by atoms with Gasteiger partial charge in [0.15, 0.2) is 0 Å². The Bertz CT molecular complexity index is 1130. The number of hydrogen-bond acceptors (Lipinski definition) is 3. The summed E-state index contributed by atoms with van der Waals surface area (Å²) in [6, 6.07) is 19.9. The summed E-state index contributed by atoms with van der Waals surface area (Å²) >= 11 is 6.14. The van der Waals surface area contributed by atoms with Gasteiger partial charge in [-0.1, -0.05) is 65.7 Å². The van der Waals surface area contributed by atoms with Crippen LogP contribution in [0, 0.1) is 13.8 Å². The van der Waals surface area contributed by atoms with E-state index in [0.717, 1.165) is 16.7 Å². The van der Waals surface area contributed by atoms with Crippen LogP contribution in [0.5, 0.6) is 0 Å². The summed E-state index contributed by atoms with van der Waals surface area (Å²) < 4.78 is 28.3. The molecule has 0 spiro atoms. The molecule has 30 heavy (non-hydrogen) atoms. The van der Waals surface area contributed by atoms with Crippen LogP contribution in [-0.2, 0) is 21.2 Å². The normalized spacial score (nSPS) is 12.4. The minimum Gasteiger partial charge on any atom is -0.325 e. The molecule has 0 aromatic heterocycles. The minimum atomic E-state index is -3.89. The molecular weight excluding hydrogens is 420 g/mol. The second-order valence-corrected chi connectivity index (χ2v) is 9.25. The Morgan fingerprint density at radius 1 is 0.967 bits per heavy atom. The highest BCUT2D eigenvalue weighted by Crippen LogP contribution is 2.20. The van der Waals surface area contributed by atoms with Gasteiger partial charge in [0.2, 0.25) is 15.9 Å². The van der Waals surface area contributed by atoms with Crippen molar-refractivity contribution >= 4 is 33.2 Å². The molecule has 7 heteroatoms. The standard InChI is InChI=1S/C23H23ClN2O3S/c1-16-8-12-20(13-9-16)30(28,29)26-22(14-18-6-4-3-5-7-18)23(27)25-19-11-10-17(2)21(24)15-19/h3-13,15,22,26H,14H2,1-2H3,(H,25,27). The Balaban J connectivity index is 1.86. The highest BCUT2D eigenvalue weighted by molar-refractivity contribution is 7.89. The van der Waals surface area contributed by atoms with E-state index in [4.69, 9.17) is 11.6 Å². The van der Waals surface area contributed by atoms with Gasteiger partial charge in [0, 0.05) is 10.7 Å². The Kier molecular flexibility index (Phi) is 6.92. The molecule has 0 saturated heterocycles. The Labute approximate surface area is 182 Å². The molecule has 5 nitrogen and oxygen atoms in total. The lowest BCUT2D eigenvalue weighted by Crippen LogP contribution is -2.45. The third-order valence-corrected chi connectivity index (χ3v) is 6.56. The van der Waals surface area contributed by atoms with Gasteiger partial charge in [0.25, 0.3) is 0 Å². The first kappa shape index (κ1) is 22.0. The fourth-order valence-corrected chi connectivity index (χ4v) is 4.29. The van der Waals surface area contributed by atoms with Crippen LogP contribution in [0.15, 0.2) is 77.7 Å². The topological polar surface area (TPSA) is 75.3 Å². The van der Waals surface area contributed by atoms with E-state index in [1.54, 1.807) is 30.3 Å². The number of hydrogen-bond donors (Lipinski definition) is 2. The number of nitrogens with one attached hydrogen (secondary N) is 2. The van der Waals surface area contributed by atoms with Crippen LogP contribution >= 0.6 is 11.6 Å². The van der Waals surface area contributed by atoms with Crippen molar-refractivity contribution in [3.63, 3.8) is 0 Å². The zero-order valence-electron chi connectivity index (χ0n) is 16.7. The summed E-state index contributed by atoms with van der Waals surface area (Å²) in [6.07, 6.45) is 0.206. The predicted molar refractivity (Wildman–Crippen MR) is 120 cm³/mol. The molecule has 0 bridgehead atoms. The van der Waals surface area contributed by atoms with Gasteiger partial charge >= 0.3 is 0 Å². The molecule has 1 unspecified atom stereocenters. The number of rotatable bonds is 7. The van der Waals surface area contributed by atoms with Crippen molar-refractivity contribution in [3.8, 4) is 0 Å². The maximum Gasteiger partial charge on any atom is 0.242 e. The summed E-state index contributed by atoms with van der Waals surface area (Å²) in [5, 5.41) is 3.28. The number of carbonyl (C=O) groups is 1. The molecule has 3 aromatic rings. The SMILES string of the molecule is Cc1ccc(S(=O)(=O)NC(Cc2ccccc2)C(=O)Nc2ccc(C)c(Cl)c2)cc1. The van der Waals surface area contributed by atoms with E-state index in [1.165, 1.54) is 12.1 Å². The van der Waals surface area contributed by atoms with E-state index in [1.807, 2.05) is 44.2 Å². The first-order valence-corrected chi connectivity index (χ1v) is 11.3. The number of anilines is 1. The molecule has 0 aliphatic carbocycles. The third kappa shape index (κ3) is 5.69. The first-order chi connectivity index (χ1) is 14.2. The van der Waals surface area contributed by atoms with E-state index >= 15 is 0 Å². The predicted octanol–water partition coefficient (Wildman–Crippen LogP) is 4.49. The quantitative estimate of drug-likeness (QED) is 0.566. The second-order valence-electron chi connectivity index (χ2n) is 7.13. The molecule has 0 aliphatic heterocycles. The lowest BCUT2D eigenvalue weighted by Gasteiger charge is -2.19. The second kappa shape index (κ2) is 9.43. The van der Waals surface area contributed by atoms with Gasteiger partial charge in [-0.25, -0.2) is 8.42 Å². The molecule has 0 heterocycles. The summed E-state index contributed by atoms with van der Waals surface area (Å²) in [4.78, 5) is 13.1. The van der Waals surface area contributed by atoms with E-state index in [-0.39, 0.29) is 11.3 Å². The fraction of sp³-hybridized carbons (Fsp3) is 0.174. The summed E-state index contributed by atoms with van der Waals surface area (Å²) in [5.74, 6) is -0.463. The van der Waals surface area contributed by atoms with Gasteiger partial charge in [-0.05, 0) is 55.7 Å². The van der Waals surface area contributed by atoms with Crippen LogP contribution in [0.4, 0.5) is 5.69 Å². The molecule has 2 N–H and O–H groups in total. The highest BCUT2D eigenvalue weighted by atomic mass is 35.5. The van der Waals surface area contributed by atoms with Crippen LogP contribution in [0.1, 0.15) is 16.7 Å². The van der Waals surface area contributed by atoms with Crippen molar-refractivity contribution in [2.24, 2.45) is 0 Å². The molecule has 1 amide bonds. The molecular formula is C23H23ClN2O3S. The lowest BCUT2D eigenvalue weighted by atomic mass is 10.1. The van der Waals surface area contributed by atoms with Gasteiger partial charge in [-0.15, -0.1) is 0 Å². The van der Waals surface area contributed by atoms with E-state index < -0.39 is 22.0 Å². The number of sulfonamides is 1. The number of amides is 1. The maximum absolute atomic E-state index is 13.0. The molecule has 3 rings (SSSR count). The molecule has 0 radical (unpaired) electrons. The van der Waals surface area contributed by atoms with Crippen molar-refractivity contribution in [2.75, 3.05) is 5.32 Å². The molecule has 0 saturated carbocycles. The highest BCUT2D eigenvalue weighted by Gasteiger charge is 2.26. The first-order valence-electron chi connectivity index (χ1n) is 9.44. The zero-order valence-corrected chi connectivity index (χ0v) is 18.3. The van der Waals surface area contributed by atoms with Gasteiger partial charge in [-0.3, -0.25) is 4.79 Å². The molecule has 156 valence electrons. The summed E-state index contributed by atoms with van der Waals surface area (Å²) in [7, 11) is -3.89. The van der Waals surface area contributed by atoms with Gasteiger partial charge in [0.05, 0.1) is 4.90 Å². The third-order valence-electron chi connectivity index (χ3n) is 4.67. The van der Waals surface area contributed by atoms with E-state index in [9.17, 15) is 13.2 Å². The Morgan fingerprint density at radius 3 is 2.27 bits per heavy atom. The largest absolute Gasteiger partial charge is 0.325 e. The molecule has 1 atom stereocenters. The van der Waals surface area contributed by atoms with Crippen LogP contribution in [0.2, 0.25) is 5.02 Å². The average molecular weight is 443 g/mol. The van der Waals surface area contributed by atoms with Crippen molar-refractivity contribution in [1.29, 1.82) is 0 Å². The lowest BCUT2D eigenvalue weighted by molar-refractivity contribution is -0.117. The molecule has 0 aliphatic rings. The van der Waals surface area contributed by atoms with Crippen LogP contribution in [-0.4, -0.2) is 20.4 Å². The number of carbonyl (C=O) groups excluding carboxylic acids is 1. The molecule has 0 fully saturated rings. The van der Waals surface area contributed by atoms with Crippen molar-refractivity contribution in [1.82, 2.24) is 4.72 Å². The van der Waals surface area contributed by atoms with Crippen molar-refractivity contribution in [2.45, 2.75) is 31.2 Å². The Morgan fingerprint density at radius 2 is 1.63 bits per heavy atom. The van der Waals surface area contributed by atoms with Crippen molar-refractivity contribution in [3.05, 3.63) is 94.5 Å². The summed E-state index contributed by atoms with van der Waals surface area (Å²) in [6.45, 7) is 3.74. The number of aryl methyl sites for hydroxylation is 2. The number of halogens is 1. The van der Waals surface area contributed by atoms with Gasteiger partial charge < -0.3 is 5.32 Å². The van der Waals surface area contributed by atoms with Gasteiger partial charge in [0.1, 0.15) is 6.04 Å². The van der Waals surface area contributed by atoms with E-state index in [0.29, 0.717) is 10.7 Å². The van der Waals surface area contributed by atoms with Gasteiger partial charge in [-0.2, -0.15) is 4.72 Å². The fourth-order valence-electron chi connectivity index (χ4n) is 2.91. The Hall–Kier alpha value is -2.67. The number of benzene rings is 3. The minimum absolute atomic E-state index is 0.109. The van der Waals surface area contributed by atoms with Crippen LogP contribution < -0.4 is 10.0 Å². The molecule has 3 aromatic carbocycles. The van der Waals surface area contributed by atoms with Crippen LogP contribution in [0.25, 0.3) is 0 Å². The van der Waals surface area contributed by atoms with Crippen LogP contribution in [0.3, 0.4) is 0 Å². The summed E-state index contributed by atoms with van der Waals surface area (Å²) in [5.41, 5.74) is 3.17. The van der Waals surface area contributed by atoms with E-state index in [2.05, 4.69) is 10.0 Å². The maximum atomic E-state index is 13.0.